The van der Waals surface area contributed by atoms with Crippen molar-refractivity contribution < 1.29 is 0 Å². The molecule has 17 heavy (non-hydrogen) atoms. The molecule has 0 spiro atoms. The molecule has 2 radical (unpaired) electrons. The van der Waals surface area contributed by atoms with Crippen molar-refractivity contribution >= 4 is 27.0 Å². The van der Waals surface area contributed by atoms with E-state index in [1.165, 1.54) is 26.9 Å². The Morgan fingerprint density at radius 3 is 3.18 bits per heavy atom. The molecule has 0 bridgehead atoms. The van der Waals surface area contributed by atoms with E-state index in [9.17, 15) is 0 Å². The fraction of sp³-hybridized carbons (Fsp3) is 0.0667. The maximum atomic E-state index is 2.36. The van der Waals surface area contributed by atoms with Gasteiger partial charge in [-0.3, -0.25) is 0 Å². The van der Waals surface area contributed by atoms with Gasteiger partial charge >= 0.3 is 0 Å². The lowest BCUT2D eigenvalue weighted by molar-refractivity contribution is 1.18. The molecule has 1 aliphatic carbocycles. The van der Waals surface area contributed by atoms with Crippen LogP contribution in [0.15, 0.2) is 42.6 Å². The van der Waals surface area contributed by atoms with Crippen molar-refractivity contribution in [3.05, 3.63) is 64.3 Å². The predicted octanol–water partition coefficient (Wildman–Crippen LogP) is 0.316. The molecule has 0 saturated heterocycles. The number of hydrogen-bond acceptors (Lipinski definition) is 0. The summed E-state index contributed by atoms with van der Waals surface area (Å²) in [6.07, 6.45) is 12.1. The van der Waals surface area contributed by atoms with E-state index in [2.05, 4.69) is 59.0 Å². The van der Waals surface area contributed by atoms with Crippen LogP contribution in [0, 0.1) is 0 Å². The summed E-state index contributed by atoms with van der Waals surface area (Å²) in [7, 11) is 0.731. The fourth-order valence-electron chi connectivity index (χ4n) is 2.50. The summed E-state index contributed by atoms with van der Waals surface area (Å²) in [5, 5.41) is 4.25. The molecule has 1 aliphatic heterocycles. The molecule has 0 amide bonds. The number of rotatable bonds is 0. The van der Waals surface area contributed by atoms with Gasteiger partial charge in [0, 0.05) is 5.69 Å². The van der Waals surface area contributed by atoms with Crippen LogP contribution in [0.25, 0.3) is 12.2 Å². The quantitative estimate of drug-likeness (QED) is 0.493. The minimum absolute atomic E-state index is 0.731. The van der Waals surface area contributed by atoms with E-state index in [0.717, 1.165) is 16.1 Å². The molecule has 2 heterocycles. The van der Waals surface area contributed by atoms with Crippen LogP contribution in [0.1, 0.15) is 11.3 Å². The van der Waals surface area contributed by atoms with Crippen molar-refractivity contribution in [1.29, 1.82) is 0 Å². The van der Waals surface area contributed by atoms with E-state index in [0.29, 0.717) is 0 Å². The Hall–Kier alpha value is -1.80. The maximum Gasteiger partial charge on any atom is 0.227 e. The zero-order chi connectivity index (χ0) is 11.2. The van der Waals surface area contributed by atoms with Crippen LogP contribution in [0.5, 0.6) is 0 Å². The first kappa shape index (κ1) is 9.25. The molecule has 2 heteroatoms. The molecule has 0 atom stereocenters. The second-order valence-corrected chi connectivity index (χ2v) is 5.74. The number of allylic oxidation sites excluding steroid dienone is 2. The van der Waals surface area contributed by atoms with Gasteiger partial charge < -0.3 is 4.23 Å². The van der Waals surface area contributed by atoms with E-state index < -0.39 is 0 Å². The molecule has 0 N–H and O–H groups in total. The van der Waals surface area contributed by atoms with Crippen molar-refractivity contribution in [3.8, 4) is 0 Å². The van der Waals surface area contributed by atoms with Gasteiger partial charge in [0.15, 0.2) is 0 Å². The highest BCUT2D eigenvalue weighted by atomic mass is 28.2. The molecule has 1 aromatic carbocycles. The molecular formula is C15H11NSi. The van der Waals surface area contributed by atoms with Gasteiger partial charge in [-0.2, -0.15) is 0 Å². The SMILES string of the molecule is C1=CCc2cc3c(cc2=C1)[Si]n1cccc1C=3. The first-order chi connectivity index (χ1) is 8.40. The normalized spacial score (nSPS) is 15.3. The van der Waals surface area contributed by atoms with Crippen molar-refractivity contribution in [2.24, 2.45) is 0 Å². The maximum absolute atomic E-state index is 2.36. The largest absolute Gasteiger partial charge is 0.370 e. The van der Waals surface area contributed by atoms with Gasteiger partial charge in [-0.25, -0.2) is 0 Å². The molecule has 0 fully saturated rings. The second kappa shape index (κ2) is 3.34. The van der Waals surface area contributed by atoms with Gasteiger partial charge in [-0.15, -0.1) is 0 Å². The van der Waals surface area contributed by atoms with Crippen molar-refractivity contribution in [2.75, 3.05) is 0 Å². The lowest BCUT2D eigenvalue weighted by atomic mass is 10.0. The minimum atomic E-state index is 0.731. The molecule has 1 aromatic heterocycles. The highest BCUT2D eigenvalue weighted by molar-refractivity contribution is 6.52. The third kappa shape index (κ3) is 1.37. The highest BCUT2D eigenvalue weighted by Gasteiger charge is 2.11. The van der Waals surface area contributed by atoms with Crippen LogP contribution >= 0.6 is 0 Å². The highest BCUT2D eigenvalue weighted by Crippen LogP contribution is 2.04. The second-order valence-electron chi connectivity index (χ2n) is 4.50. The lowest BCUT2D eigenvalue weighted by Gasteiger charge is -2.14. The summed E-state index contributed by atoms with van der Waals surface area (Å²) in [6, 6.07) is 9.01. The fourth-order valence-corrected chi connectivity index (χ4v) is 3.68. The van der Waals surface area contributed by atoms with E-state index in [1.807, 2.05) is 0 Å². The number of benzene rings is 1. The molecule has 0 saturated carbocycles. The third-order valence-corrected chi connectivity index (χ3v) is 4.71. The Balaban J connectivity index is 2.04. The summed E-state index contributed by atoms with van der Waals surface area (Å²) in [5.74, 6) is 0. The zero-order valence-corrected chi connectivity index (χ0v) is 10.4. The van der Waals surface area contributed by atoms with Gasteiger partial charge in [0.25, 0.3) is 0 Å². The molecule has 80 valence electrons. The van der Waals surface area contributed by atoms with E-state index in [1.54, 1.807) is 0 Å². The van der Waals surface area contributed by atoms with Gasteiger partial charge in [0.1, 0.15) is 0 Å². The molecule has 2 aliphatic rings. The van der Waals surface area contributed by atoms with E-state index in [-0.39, 0.29) is 0 Å². The van der Waals surface area contributed by atoms with Crippen molar-refractivity contribution in [3.63, 3.8) is 0 Å². The van der Waals surface area contributed by atoms with Crippen LogP contribution in [-0.2, 0) is 6.42 Å². The Labute approximate surface area is 102 Å². The topological polar surface area (TPSA) is 4.93 Å². The standard InChI is InChI=1S/C15H11NSi/c1-2-5-12-10-15-13(8-11(12)4-1)9-14-6-3-7-16(14)17-15/h1-3,5-10H,4H2. The number of hydrogen-bond donors (Lipinski definition) is 0. The first-order valence-electron chi connectivity index (χ1n) is 5.86. The van der Waals surface area contributed by atoms with Crippen molar-refractivity contribution in [2.45, 2.75) is 6.42 Å². The van der Waals surface area contributed by atoms with Gasteiger partial charge in [-0.05, 0) is 52.0 Å². The number of aromatic nitrogens is 1. The van der Waals surface area contributed by atoms with Crippen LogP contribution in [0.4, 0.5) is 0 Å². The van der Waals surface area contributed by atoms with Crippen LogP contribution in [0.3, 0.4) is 0 Å². The molecule has 2 aromatic rings. The van der Waals surface area contributed by atoms with E-state index >= 15 is 0 Å². The predicted molar refractivity (Wildman–Crippen MR) is 71.8 cm³/mol. The first-order valence-corrected chi connectivity index (χ1v) is 6.81. The molecule has 4 rings (SSSR count). The minimum Gasteiger partial charge on any atom is -0.370 e. The Morgan fingerprint density at radius 2 is 2.18 bits per heavy atom. The van der Waals surface area contributed by atoms with Crippen molar-refractivity contribution in [1.82, 2.24) is 4.23 Å². The Morgan fingerprint density at radius 1 is 1.18 bits per heavy atom. The summed E-state index contributed by atoms with van der Waals surface area (Å²) < 4.78 is 2.33. The van der Waals surface area contributed by atoms with Gasteiger partial charge in [0.2, 0.25) is 9.68 Å². The Kier molecular flexibility index (Phi) is 1.82. The monoisotopic (exact) mass is 233 g/mol. The third-order valence-electron chi connectivity index (χ3n) is 3.39. The van der Waals surface area contributed by atoms with Crippen LogP contribution in [0.2, 0.25) is 0 Å². The van der Waals surface area contributed by atoms with Gasteiger partial charge in [0.05, 0.1) is 0 Å². The molecular weight excluding hydrogens is 222 g/mol. The number of nitrogens with zero attached hydrogens (tertiary/aromatic N) is 1. The number of fused-ring (bicyclic) bond motifs is 3. The smallest absolute Gasteiger partial charge is 0.227 e. The van der Waals surface area contributed by atoms with Gasteiger partial charge in [-0.1, -0.05) is 30.4 Å². The zero-order valence-electron chi connectivity index (χ0n) is 9.35. The summed E-state index contributed by atoms with van der Waals surface area (Å²) >= 11 is 0. The Bertz CT molecular complexity index is 750. The summed E-state index contributed by atoms with van der Waals surface area (Å²) in [4.78, 5) is 0. The summed E-state index contributed by atoms with van der Waals surface area (Å²) in [6.45, 7) is 0. The molecule has 1 nitrogen and oxygen atoms in total. The van der Waals surface area contributed by atoms with Crippen LogP contribution in [-0.4, -0.2) is 13.9 Å². The van der Waals surface area contributed by atoms with Crippen LogP contribution < -0.4 is 15.6 Å². The summed E-state index contributed by atoms with van der Waals surface area (Å²) in [5.41, 5.74) is 2.78. The van der Waals surface area contributed by atoms with E-state index in [4.69, 9.17) is 0 Å². The average molecular weight is 233 g/mol. The molecule has 0 unspecified atom stereocenters. The average Bonchev–Trinajstić information content (AvgIpc) is 2.80. The lowest BCUT2D eigenvalue weighted by Crippen LogP contribution is -2.42.